The zero-order valence-corrected chi connectivity index (χ0v) is 14.4. The quantitative estimate of drug-likeness (QED) is 0.905. The van der Waals surface area contributed by atoms with Gasteiger partial charge in [0.1, 0.15) is 0 Å². The molecule has 1 atom stereocenters. The molecule has 0 bridgehead atoms. The first-order chi connectivity index (χ1) is 10.6. The van der Waals surface area contributed by atoms with Gasteiger partial charge in [0.15, 0.2) is 0 Å². The Hall–Kier alpha value is -0.910. The molecule has 22 heavy (non-hydrogen) atoms. The number of hydrogen-bond donors (Lipinski definition) is 1. The minimum atomic E-state index is 0.0133. The first-order valence-corrected chi connectivity index (χ1v) is 9.16. The molecule has 122 valence electrons. The van der Waals surface area contributed by atoms with Gasteiger partial charge < -0.3 is 10.1 Å². The van der Waals surface area contributed by atoms with E-state index in [4.69, 9.17) is 4.74 Å². The standard InChI is InChI=1S/C17H26N2O2S/c1-3-17(2,19-7-9-21-10-8-19)12-18-16(20)15-11-13-5-4-6-14(13)22-15/h11H,3-10,12H2,1-2H3,(H,18,20)/t17-/m1/s1. The van der Waals surface area contributed by atoms with Gasteiger partial charge in [0, 0.05) is 30.1 Å². The normalized spacial score (nSPS) is 21.4. The second kappa shape index (κ2) is 6.69. The Morgan fingerprint density at radius 1 is 1.41 bits per heavy atom. The van der Waals surface area contributed by atoms with Crippen LogP contribution in [0.25, 0.3) is 0 Å². The average Bonchev–Trinajstić information content (AvgIpc) is 3.15. The second-order valence-corrected chi connectivity index (χ2v) is 7.68. The number of fused-ring (bicyclic) bond motifs is 1. The van der Waals surface area contributed by atoms with Crippen molar-refractivity contribution in [2.75, 3.05) is 32.8 Å². The number of thiophene rings is 1. The number of hydrogen-bond acceptors (Lipinski definition) is 4. The second-order valence-electron chi connectivity index (χ2n) is 6.55. The molecule has 0 saturated carbocycles. The fourth-order valence-corrected chi connectivity index (χ4v) is 4.53. The molecule has 1 saturated heterocycles. The molecule has 2 heterocycles. The fourth-order valence-electron chi connectivity index (χ4n) is 3.36. The molecule has 1 aromatic heterocycles. The predicted octanol–water partition coefficient (Wildman–Crippen LogP) is 2.47. The van der Waals surface area contributed by atoms with Gasteiger partial charge in [-0.25, -0.2) is 0 Å². The zero-order chi connectivity index (χ0) is 15.6. The van der Waals surface area contributed by atoms with Crippen molar-refractivity contribution in [3.63, 3.8) is 0 Å². The molecule has 0 spiro atoms. The Kier molecular flexibility index (Phi) is 4.85. The van der Waals surface area contributed by atoms with E-state index in [1.807, 2.05) is 0 Å². The Balaban J connectivity index is 1.60. The molecule has 3 rings (SSSR count). The number of ether oxygens (including phenoxy) is 1. The van der Waals surface area contributed by atoms with Gasteiger partial charge in [-0.3, -0.25) is 9.69 Å². The Morgan fingerprint density at radius 2 is 2.18 bits per heavy atom. The minimum Gasteiger partial charge on any atom is -0.379 e. The van der Waals surface area contributed by atoms with Crippen LogP contribution in [0.3, 0.4) is 0 Å². The van der Waals surface area contributed by atoms with Crippen molar-refractivity contribution in [2.24, 2.45) is 0 Å². The van der Waals surface area contributed by atoms with Gasteiger partial charge >= 0.3 is 0 Å². The third kappa shape index (κ3) is 3.21. The van der Waals surface area contributed by atoms with Crippen molar-refractivity contribution < 1.29 is 9.53 Å². The molecule has 1 aliphatic carbocycles. The summed E-state index contributed by atoms with van der Waals surface area (Å²) in [5, 5.41) is 3.17. The van der Waals surface area contributed by atoms with Crippen LogP contribution in [0.2, 0.25) is 0 Å². The molecule has 1 amide bonds. The highest BCUT2D eigenvalue weighted by molar-refractivity contribution is 7.14. The Bertz CT molecular complexity index is 515. The fraction of sp³-hybridized carbons (Fsp3) is 0.706. The van der Waals surface area contributed by atoms with E-state index in [0.29, 0.717) is 6.54 Å². The van der Waals surface area contributed by atoms with Crippen LogP contribution in [-0.4, -0.2) is 49.2 Å². The van der Waals surface area contributed by atoms with Gasteiger partial charge in [-0.2, -0.15) is 0 Å². The molecule has 2 aliphatic rings. The number of carbonyl (C=O) groups excluding carboxylic acids is 1. The number of carbonyl (C=O) groups is 1. The van der Waals surface area contributed by atoms with Gasteiger partial charge in [0.25, 0.3) is 5.91 Å². The van der Waals surface area contributed by atoms with Gasteiger partial charge in [-0.05, 0) is 44.2 Å². The highest BCUT2D eigenvalue weighted by Gasteiger charge is 2.32. The Labute approximate surface area is 136 Å². The molecule has 1 fully saturated rings. The summed E-state index contributed by atoms with van der Waals surface area (Å²) in [6.45, 7) is 8.63. The topological polar surface area (TPSA) is 41.6 Å². The van der Waals surface area contributed by atoms with E-state index >= 15 is 0 Å². The van der Waals surface area contributed by atoms with E-state index < -0.39 is 0 Å². The molecule has 0 aromatic carbocycles. The number of nitrogens with one attached hydrogen (secondary N) is 1. The van der Waals surface area contributed by atoms with Gasteiger partial charge in [-0.15, -0.1) is 11.3 Å². The SMILES string of the molecule is CC[C@](C)(CNC(=O)c1cc2c(s1)CCC2)N1CCOCC1. The predicted molar refractivity (Wildman–Crippen MR) is 89.8 cm³/mol. The molecule has 0 radical (unpaired) electrons. The average molecular weight is 322 g/mol. The van der Waals surface area contributed by atoms with Crippen molar-refractivity contribution in [2.45, 2.75) is 45.1 Å². The molecule has 0 unspecified atom stereocenters. The third-order valence-electron chi connectivity index (χ3n) is 5.14. The summed E-state index contributed by atoms with van der Waals surface area (Å²) in [6.07, 6.45) is 4.55. The number of rotatable bonds is 5. The molecule has 4 nitrogen and oxygen atoms in total. The maximum absolute atomic E-state index is 12.5. The summed E-state index contributed by atoms with van der Waals surface area (Å²) >= 11 is 1.68. The van der Waals surface area contributed by atoms with Crippen LogP contribution >= 0.6 is 11.3 Å². The van der Waals surface area contributed by atoms with Crippen LogP contribution in [0, 0.1) is 0 Å². The molecule has 1 aromatic rings. The molecule has 1 N–H and O–H groups in total. The Morgan fingerprint density at radius 3 is 2.86 bits per heavy atom. The van der Waals surface area contributed by atoms with Crippen molar-refractivity contribution >= 4 is 17.2 Å². The summed E-state index contributed by atoms with van der Waals surface area (Å²) < 4.78 is 5.44. The lowest BCUT2D eigenvalue weighted by Gasteiger charge is -2.43. The highest BCUT2D eigenvalue weighted by Crippen LogP contribution is 2.30. The smallest absolute Gasteiger partial charge is 0.261 e. The minimum absolute atomic E-state index is 0.0133. The maximum Gasteiger partial charge on any atom is 0.261 e. The lowest BCUT2D eigenvalue weighted by atomic mass is 9.95. The van der Waals surface area contributed by atoms with Crippen LogP contribution in [0.1, 0.15) is 46.8 Å². The summed E-state index contributed by atoms with van der Waals surface area (Å²) in [5.74, 6) is 0.0901. The van der Waals surface area contributed by atoms with E-state index in [0.717, 1.165) is 50.4 Å². The maximum atomic E-state index is 12.5. The van der Waals surface area contributed by atoms with Gasteiger partial charge in [0.05, 0.1) is 18.1 Å². The lowest BCUT2D eigenvalue weighted by molar-refractivity contribution is -0.0169. The zero-order valence-electron chi connectivity index (χ0n) is 13.6. The van der Waals surface area contributed by atoms with Crippen LogP contribution in [-0.2, 0) is 17.6 Å². The number of nitrogens with zero attached hydrogens (tertiary/aromatic N) is 1. The number of morpholine rings is 1. The summed E-state index contributed by atoms with van der Waals surface area (Å²) in [4.78, 5) is 17.2. The largest absolute Gasteiger partial charge is 0.379 e. The van der Waals surface area contributed by atoms with Gasteiger partial charge in [-0.1, -0.05) is 6.92 Å². The lowest BCUT2D eigenvalue weighted by Crippen LogP contribution is -2.56. The molecular weight excluding hydrogens is 296 g/mol. The summed E-state index contributed by atoms with van der Waals surface area (Å²) in [6, 6.07) is 2.10. The van der Waals surface area contributed by atoms with E-state index in [9.17, 15) is 4.79 Å². The molecule has 1 aliphatic heterocycles. The number of amides is 1. The van der Waals surface area contributed by atoms with E-state index in [1.165, 1.54) is 16.9 Å². The van der Waals surface area contributed by atoms with Crippen molar-refractivity contribution in [1.29, 1.82) is 0 Å². The van der Waals surface area contributed by atoms with E-state index in [1.54, 1.807) is 11.3 Å². The third-order valence-corrected chi connectivity index (χ3v) is 6.37. The van der Waals surface area contributed by atoms with E-state index in [-0.39, 0.29) is 11.4 Å². The van der Waals surface area contributed by atoms with Crippen molar-refractivity contribution in [1.82, 2.24) is 10.2 Å². The van der Waals surface area contributed by atoms with Crippen LogP contribution in [0.5, 0.6) is 0 Å². The van der Waals surface area contributed by atoms with E-state index in [2.05, 4.69) is 30.1 Å². The molecule has 5 heteroatoms. The van der Waals surface area contributed by atoms with Crippen molar-refractivity contribution in [3.8, 4) is 0 Å². The van der Waals surface area contributed by atoms with Crippen LogP contribution in [0.4, 0.5) is 0 Å². The first kappa shape index (κ1) is 16.0. The van der Waals surface area contributed by atoms with Crippen LogP contribution in [0.15, 0.2) is 6.07 Å². The first-order valence-electron chi connectivity index (χ1n) is 8.35. The molecular formula is C17H26N2O2S. The van der Waals surface area contributed by atoms with Crippen molar-refractivity contribution in [3.05, 3.63) is 21.4 Å². The number of aryl methyl sites for hydroxylation is 2. The monoisotopic (exact) mass is 322 g/mol. The summed E-state index contributed by atoms with van der Waals surface area (Å²) in [7, 11) is 0. The van der Waals surface area contributed by atoms with Gasteiger partial charge in [0.2, 0.25) is 0 Å². The van der Waals surface area contributed by atoms with Crippen LogP contribution < -0.4 is 5.32 Å². The highest BCUT2D eigenvalue weighted by atomic mass is 32.1. The summed E-state index contributed by atoms with van der Waals surface area (Å²) in [5.41, 5.74) is 1.40.